The zero-order chi connectivity index (χ0) is 15.7. The van der Waals surface area contributed by atoms with Gasteiger partial charge in [0.1, 0.15) is 5.82 Å². The van der Waals surface area contributed by atoms with Crippen LogP contribution < -0.4 is 5.32 Å². The fourth-order valence-corrected chi connectivity index (χ4v) is 3.25. The van der Waals surface area contributed by atoms with Crippen LogP contribution >= 0.6 is 15.9 Å². The van der Waals surface area contributed by atoms with Crippen molar-refractivity contribution in [2.45, 2.75) is 33.7 Å². The Balaban J connectivity index is 2.64. The monoisotopic (exact) mass is 349 g/mol. The van der Waals surface area contributed by atoms with Crippen molar-refractivity contribution >= 4 is 15.9 Å². The Morgan fingerprint density at radius 3 is 2.05 bits per heavy atom. The molecule has 2 rings (SSSR count). The summed E-state index contributed by atoms with van der Waals surface area (Å²) in [6.45, 7) is 8.58. The van der Waals surface area contributed by atoms with E-state index >= 15 is 0 Å². The number of benzene rings is 2. The molecule has 1 nitrogen and oxygen atoms in total. The summed E-state index contributed by atoms with van der Waals surface area (Å²) in [5.41, 5.74) is 7.50. The minimum atomic E-state index is -0.234. The minimum Gasteiger partial charge on any atom is -0.309 e. The molecule has 0 saturated carbocycles. The lowest BCUT2D eigenvalue weighted by atomic mass is 9.87. The molecule has 0 bridgehead atoms. The molecule has 0 radical (unpaired) electrons. The van der Waals surface area contributed by atoms with Gasteiger partial charge in [-0.3, -0.25) is 0 Å². The number of hydrogen-bond donors (Lipinski definition) is 1. The van der Waals surface area contributed by atoms with E-state index in [2.05, 4.69) is 55.0 Å². The zero-order valence-corrected chi connectivity index (χ0v) is 14.7. The van der Waals surface area contributed by atoms with Gasteiger partial charge in [-0.15, -0.1) is 0 Å². The van der Waals surface area contributed by atoms with Crippen LogP contribution in [0.15, 0.2) is 28.7 Å². The Hall–Kier alpha value is -1.19. The second kappa shape index (κ2) is 6.29. The summed E-state index contributed by atoms with van der Waals surface area (Å²) in [6.07, 6.45) is 0. The van der Waals surface area contributed by atoms with E-state index in [9.17, 15) is 4.39 Å². The molecule has 0 fully saturated rings. The van der Waals surface area contributed by atoms with Crippen molar-refractivity contribution in [1.29, 1.82) is 0 Å². The van der Waals surface area contributed by atoms with Gasteiger partial charge < -0.3 is 5.32 Å². The first-order valence-corrected chi connectivity index (χ1v) is 7.85. The van der Waals surface area contributed by atoms with E-state index in [4.69, 9.17) is 0 Å². The predicted molar refractivity (Wildman–Crippen MR) is 90.4 cm³/mol. The highest BCUT2D eigenvalue weighted by Gasteiger charge is 2.19. The number of rotatable bonds is 3. The summed E-state index contributed by atoms with van der Waals surface area (Å²) in [6, 6.07) is 7.49. The molecular formula is C18H21BrFN. The topological polar surface area (TPSA) is 12.0 Å². The molecule has 2 aromatic carbocycles. The lowest BCUT2D eigenvalue weighted by Gasteiger charge is -2.24. The molecule has 0 heterocycles. The fraction of sp³-hybridized carbons (Fsp3) is 0.333. The number of hydrogen-bond acceptors (Lipinski definition) is 1. The van der Waals surface area contributed by atoms with E-state index in [1.54, 1.807) is 0 Å². The first kappa shape index (κ1) is 16.2. The molecular weight excluding hydrogens is 329 g/mol. The normalized spacial score (nSPS) is 12.5. The lowest BCUT2D eigenvalue weighted by Crippen LogP contribution is -2.21. The SMILES string of the molecule is CNC(c1ccc(F)c(Br)c1)c1c(C)c(C)cc(C)c1C. The molecule has 1 unspecified atom stereocenters. The van der Waals surface area contributed by atoms with E-state index < -0.39 is 0 Å². The molecule has 2 aromatic rings. The summed E-state index contributed by atoms with van der Waals surface area (Å²) < 4.78 is 14.0. The number of nitrogens with one attached hydrogen (secondary N) is 1. The molecule has 0 amide bonds. The van der Waals surface area contributed by atoms with Crippen LogP contribution in [0, 0.1) is 33.5 Å². The Kier molecular flexibility index (Phi) is 4.84. The van der Waals surface area contributed by atoms with Gasteiger partial charge in [0.15, 0.2) is 0 Å². The summed E-state index contributed by atoms with van der Waals surface area (Å²) in [4.78, 5) is 0. The fourth-order valence-electron chi connectivity index (χ4n) is 2.85. The standard InChI is InChI=1S/C18H21BrFN/c1-10-8-11(2)13(4)17(12(10)3)18(21-5)14-6-7-16(20)15(19)9-14/h6-9,18,21H,1-5H3. The molecule has 0 saturated heterocycles. The molecule has 3 heteroatoms. The largest absolute Gasteiger partial charge is 0.309 e. The number of aryl methyl sites for hydroxylation is 2. The van der Waals surface area contributed by atoms with E-state index in [1.807, 2.05) is 19.2 Å². The molecule has 0 aliphatic rings. The maximum atomic E-state index is 13.5. The molecule has 0 aliphatic heterocycles. The Labute approximate surface area is 134 Å². The van der Waals surface area contributed by atoms with Gasteiger partial charge in [0.25, 0.3) is 0 Å². The molecule has 21 heavy (non-hydrogen) atoms. The van der Waals surface area contributed by atoms with Crippen LogP contribution in [0.5, 0.6) is 0 Å². The molecule has 1 N–H and O–H groups in total. The smallest absolute Gasteiger partial charge is 0.137 e. The molecule has 1 atom stereocenters. The van der Waals surface area contributed by atoms with Crippen molar-refractivity contribution in [2.75, 3.05) is 7.05 Å². The van der Waals surface area contributed by atoms with Crippen molar-refractivity contribution in [3.63, 3.8) is 0 Å². The zero-order valence-electron chi connectivity index (χ0n) is 13.1. The van der Waals surface area contributed by atoms with Crippen molar-refractivity contribution < 1.29 is 4.39 Å². The maximum absolute atomic E-state index is 13.5. The summed E-state index contributed by atoms with van der Waals surface area (Å²) in [5, 5.41) is 3.37. The third-order valence-electron chi connectivity index (χ3n) is 4.28. The van der Waals surface area contributed by atoms with E-state index in [-0.39, 0.29) is 11.9 Å². The van der Waals surface area contributed by atoms with E-state index in [0.29, 0.717) is 4.47 Å². The summed E-state index contributed by atoms with van der Waals surface area (Å²) >= 11 is 3.28. The minimum absolute atomic E-state index is 0.0560. The predicted octanol–water partition coefficient (Wildman–Crippen LogP) is 5.13. The Morgan fingerprint density at radius 2 is 1.57 bits per heavy atom. The van der Waals surface area contributed by atoms with Gasteiger partial charge >= 0.3 is 0 Å². The first-order chi connectivity index (χ1) is 9.86. The second-order valence-electron chi connectivity index (χ2n) is 5.57. The van der Waals surface area contributed by atoms with Crippen LogP contribution in [0.1, 0.15) is 39.4 Å². The molecule has 0 spiro atoms. The van der Waals surface area contributed by atoms with E-state index in [1.165, 1.54) is 33.9 Å². The first-order valence-electron chi connectivity index (χ1n) is 7.06. The van der Waals surface area contributed by atoms with Crippen molar-refractivity contribution in [3.8, 4) is 0 Å². The van der Waals surface area contributed by atoms with Gasteiger partial charge in [0, 0.05) is 0 Å². The van der Waals surface area contributed by atoms with Gasteiger partial charge in [-0.2, -0.15) is 0 Å². The second-order valence-corrected chi connectivity index (χ2v) is 6.42. The van der Waals surface area contributed by atoms with Gasteiger partial charge in [0.05, 0.1) is 10.5 Å². The van der Waals surface area contributed by atoms with Crippen molar-refractivity contribution in [3.05, 3.63) is 67.9 Å². The molecule has 0 aliphatic carbocycles. The third kappa shape index (κ3) is 3.04. The van der Waals surface area contributed by atoms with Crippen molar-refractivity contribution in [1.82, 2.24) is 5.32 Å². The van der Waals surface area contributed by atoms with E-state index in [0.717, 1.165) is 5.56 Å². The van der Waals surface area contributed by atoms with Gasteiger partial charge in [-0.05, 0) is 96.2 Å². The van der Waals surface area contributed by atoms with Crippen molar-refractivity contribution in [2.24, 2.45) is 0 Å². The highest BCUT2D eigenvalue weighted by Crippen LogP contribution is 2.32. The average Bonchev–Trinajstić information content (AvgIpc) is 2.44. The van der Waals surface area contributed by atoms with Crippen LogP contribution in [-0.4, -0.2) is 7.05 Å². The quantitative estimate of drug-likeness (QED) is 0.809. The van der Waals surface area contributed by atoms with Gasteiger partial charge in [-0.1, -0.05) is 12.1 Å². The summed E-state index contributed by atoms with van der Waals surface area (Å²) in [7, 11) is 1.94. The maximum Gasteiger partial charge on any atom is 0.137 e. The van der Waals surface area contributed by atoms with Crippen LogP contribution in [0.3, 0.4) is 0 Å². The van der Waals surface area contributed by atoms with Crippen LogP contribution in [0.4, 0.5) is 4.39 Å². The lowest BCUT2D eigenvalue weighted by molar-refractivity contribution is 0.616. The van der Waals surface area contributed by atoms with Crippen LogP contribution in [0.25, 0.3) is 0 Å². The highest BCUT2D eigenvalue weighted by atomic mass is 79.9. The molecule has 0 aromatic heterocycles. The third-order valence-corrected chi connectivity index (χ3v) is 4.89. The molecule has 112 valence electrons. The van der Waals surface area contributed by atoms with Crippen LogP contribution in [-0.2, 0) is 0 Å². The highest BCUT2D eigenvalue weighted by molar-refractivity contribution is 9.10. The Bertz CT molecular complexity index is 653. The van der Waals surface area contributed by atoms with Crippen LogP contribution in [0.2, 0.25) is 0 Å². The Morgan fingerprint density at radius 1 is 1.00 bits per heavy atom. The summed E-state index contributed by atoms with van der Waals surface area (Å²) in [5.74, 6) is -0.234. The number of halogens is 2. The van der Waals surface area contributed by atoms with Gasteiger partial charge in [0.2, 0.25) is 0 Å². The average molecular weight is 350 g/mol. The van der Waals surface area contributed by atoms with Gasteiger partial charge in [-0.25, -0.2) is 4.39 Å².